The summed E-state index contributed by atoms with van der Waals surface area (Å²) in [4.78, 5) is 37.9. The average molecular weight is 480 g/mol. The van der Waals surface area contributed by atoms with Gasteiger partial charge in [0.2, 0.25) is 0 Å². The largest absolute Gasteiger partial charge is 0.444 e. The number of hydrogen-bond acceptors (Lipinski definition) is 6. The van der Waals surface area contributed by atoms with Crippen LogP contribution in [0.15, 0.2) is 51.7 Å². The van der Waals surface area contributed by atoms with E-state index >= 15 is 0 Å². The Kier molecular flexibility index (Phi) is 7.99. The van der Waals surface area contributed by atoms with Crippen molar-refractivity contribution >= 4 is 23.0 Å². The third kappa shape index (κ3) is 6.50. The standard InChI is InChI=1S/C28H33NO6/c1-7-11-22(29-27(32)35-28(4,5)6)26(31)33-23-15-14-20-17(2)21(16-19-12-9-8-10-13-19)25(30)34-24(20)18(23)3/h8-10,12-15,22H,7,11,16H2,1-6H3,(H,29,32). The van der Waals surface area contributed by atoms with Gasteiger partial charge in [-0.3, -0.25) is 0 Å². The summed E-state index contributed by atoms with van der Waals surface area (Å²) in [6, 6.07) is 12.3. The van der Waals surface area contributed by atoms with Crippen LogP contribution in [0, 0.1) is 13.8 Å². The summed E-state index contributed by atoms with van der Waals surface area (Å²) in [5.41, 5.74) is 2.25. The minimum Gasteiger partial charge on any atom is -0.444 e. The average Bonchev–Trinajstić information content (AvgIpc) is 2.78. The van der Waals surface area contributed by atoms with Crippen LogP contribution in [0.2, 0.25) is 0 Å². The summed E-state index contributed by atoms with van der Waals surface area (Å²) in [5.74, 6) is -0.340. The molecule has 0 saturated carbocycles. The Morgan fingerprint density at radius 1 is 1.03 bits per heavy atom. The molecule has 0 spiro atoms. The molecule has 0 fully saturated rings. The second-order valence-corrected chi connectivity index (χ2v) is 9.63. The highest BCUT2D eigenvalue weighted by Gasteiger charge is 2.26. The second-order valence-electron chi connectivity index (χ2n) is 9.63. The fourth-order valence-corrected chi connectivity index (χ4v) is 3.85. The number of benzene rings is 2. The van der Waals surface area contributed by atoms with Gasteiger partial charge in [0.05, 0.1) is 0 Å². The van der Waals surface area contributed by atoms with Gasteiger partial charge in [-0.2, -0.15) is 0 Å². The number of carbonyl (C=O) groups excluding carboxylic acids is 2. The summed E-state index contributed by atoms with van der Waals surface area (Å²) < 4.78 is 16.6. The number of ether oxygens (including phenoxy) is 2. The summed E-state index contributed by atoms with van der Waals surface area (Å²) >= 11 is 0. The first-order valence-electron chi connectivity index (χ1n) is 11.8. The molecule has 7 heteroatoms. The molecule has 0 radical (unpaired) electrons. The van der Waals surface area contributed by atoms with E-state index in [0.29, 0.717) is 36.0 Å². The van der Waals surface area contributed by atoms with Crippen molar-refractivity contribution < 1.29 is 23.5 Å². The van der Waals surface area contributed by atoms with Gasteiger partial charge in [-0.05, 0) is 64.3 Å². The number of carbonyl (C=O) groups is 2. The molecule has 3 rings (SSSR count). The minimum absolute atomic E-state index is 0.271. The van der Waals surface area contributed by atoms with Gasteiger partial charge >= 0.3 is 17.7 Å². The Balaban J connectivity index is 1.87. The molecule has 2 aromatic carbocycles. The number of nitrogens with one attached hydrogen (secondary N) is 1. The number of alkyl carbamates (subject to hydrolysis) is 1. The zero-order chi connectivity index (χ0) is 25.8. The van der Waals surface area contributed by atoms with E-state index in [1.165, 1.54) is 0 Å². The molecule has 1 heterocycles. The lowest BCUT2D eigenvalue weighted by atomic mass is 9.98. The predicted molar refractivity (Wildman–Crippen MR) is 135 cm³/mol. The summed E-state index contributed by atoms with van der Waals surface area (Å²) in [6.07, 6.45) is 0.831. The third-order valence-corrected chi connectivity index (χ3v) is 5.64. The third-order valence-electron chi connectivity index (χ3n) is 5.64. The van der Waals surface area contributed by atoms with Crippen LogP contribution in [0.1, 0.15) is 62.8 Å². The van der Waals surface area contributed by atoms with Gasteiger partial charge < -0.3 is 19.2 Å². The maximum absolute atomic E-state index is 12.9. The minimum atomic E-state index is -0.869. The lowest BCUT2D eigenvalue weighted by Gasteiger charge is -2.23. The predicted octanol–water partition coefficient (Wildman–Crippen LogP) is 5.60. The molecule has 1 N–H and O–H groups in total. The summed E-state index contributed by atoms with van der Waals surface area (Å²) in [6.45, 7) is 10.8. The SMILES string of the molecule is CCCC(NC(=O)OC(C)(C)C)C(=O)Oc1ccc2c(C)c(Cc3ccccc3)c(=O)oc2c1C. The van der Waals surface area contributed by atoms with Gasteiger partial charge in [-0.15, -0.1) is 0 Å². The Morgan fingerprint density at radius 2 is 1.71 bits per heavy atom. The van der Waals surface area contributed by atoms with Crippen molar-refractivity contribution in [3.05, 3.63) is 75.1 Å². The quantitative estimate of drug-likeness (QED) is 0.269. The number of rotatable bonds is 7. The number of aryl methyl sites for hydroxylation is 2. The molecule has 1 unspecified atom stereocenters. The van der Waals surface area contributed by atoms with E-state index in [1.54, 1.807) is 39.8 Å². The summed E-state index contributed by atoms with van der Waals surface area (Å²) in [5, 5.41) is 3.37. The fraction of sp³-hybridized carbons (Fsp3) is 0.393. The molecule has 0 aliphatic heterocycles. The molecule has 35 heavy (non-hydrogen) atoms. The maximum Gasteiger partial charge on any atom is 0.408 e. The van der Waals surface area contributed by atoms with Gasteiger partial charge in [-0.25, -0.2) is 14.4 Å². The first-order valence-corrected chi connectivity index (χ1v) is 11.8. The highest BCUT2D eigenvalue weighted by Crippen LogP contribution is 2.30. The molecule has 1 atom stereocenters. The van der Waals surface area contributed by atoms with E-state index in [1.807, 2.05) is 44.2 Å². The number of fused-ring (bicyclic) bond motifs is 1. The molecule has 3 aromatic rings. The van der Waals surface area contributed by atoms with E-state index in [4.69, 9.17) is 13.9 Å². The lowest BCUT2D eigenvalue weighted by molar-refractivity contribution is -0.137. The zero-order valence-electron chi connectivity index (χ0n) is 21.2. The first-order chi connectivity index (χ1) is 16.5. The molecule has 1 aromatic heterocycles. The van der Waals surface area contributed by atoms with Crippen LogP contribution >= 0.6 is 0 Å². The van der Waals surface area contributed by atoms with Crippen LogP contribution in [0.5, 0.6) is 5.75 Å². The number of amides is 1. The Morgan fingerprint density at radius 3 is 2.34 bits per heavy atom. The zero-order valence-corrected chi connectivity index (χ0v) is 21.2. The number of esters is 1. The van der Waals surface area contributed by atoms with Gasteiger partial charge in [0.25, 0.3) is 0 Å². The van der Waals surface area contributed by atoms with Crippen molar-refractivity contribution in [2.45, 2.75) is 72.4 Å². The van der Waals surface area contributed by atoms with Crippen LogP contribution < -0.4 is 15.7 Å². The molecule has 7 nitrogen and oxygen atoms in total. The van der Waals surface area contributed by atoms with E-state index < -0.39 is 29.3 Å². The molecule has 0 aliphatic rings. The van der Waals surface area contributed by atoms with Crippen LogP contribution in [0.4, 0.5) is 4.79 Å². The molecular weight excluding hydrogens is 446 g/mol. The van der Waals surface area contributed by atoms with Gasteiger partial charge in [-0.1, -0.05) is 43.7 Å². The highest BCUT2D eigenvalue weighted by atomic mass is 16.6. The number of hydrogen-bond donors (Lipinski definition) is 1. The van der Waals surface area contributed by atoms with E-state index in [9.17, 15) is 14.4 Å². The fourth-order valence-electron chi connectivity index (χ4n) is 3.85. The molecule has 0 saturated heterocycles. The second kappa shape index (κ2) is 10.8. The van der Waals surface area contributed by atoms with Gasteiger partial charge in [0.15, 0.2) is 0 Å². The van der Waals surface area contributed by atoms with Crippen LogP contribution in [-0.2, 0) is 16.0 Å². The van der Waals surface area contributed by atoms with Crippen molar-refractivity contribution in [3.8, 4) is 5.75 Å². The molecule has 186 valence electrons. The van der Waals surface area contributed by atoms with Crippen molar-refractivity contribution in [2.75, 3.05) is 0 Å². The topological polar surface area (TPSA) is 94.8 Å². The normalized spacial score (nSPS) is 12.3. The monoisotopic (exact) mass is 479 g/mol. The van der Waals surface area contributed by atoms with E-state index in [2.05, 4.69) is 5.32 Å². The van der Waals surface area contributed by atoms with Crippen LogP contribution in [-0.4, -0.2) is 23.7 Å². The summed E-state index contributed by atoms with van der Waals surface area (Å²) in [7, 11) is 0. The molecule has 0 bridgehead atoms. The first kappa shape index (κ1) is 26.0. The van der Waals surface area contributed by atoms with Gasteiger partial charge in [0, 0.05) is 22.9 Å². The van der Waals surface area contributed by atoms with Crippen molar-refractivity contribution in [3.63, 3.8) is 0 Å². The maximum atomic E-state index is 12.9. The van der Waals surface area contributed by atoms with Crippen molar-refractivity contribution in [1.29, 1.82) is 0 Å². The van der Waals surface area contributed by atoms with Crippen molar-refractivity contribution in [1.82, 2.24) is 5.32 Å². The lowest BCUT2D eigenvalue weighted by Crippen LogP contribution is -2.45. The Bertz CT molecular complexity index is 1270. The van der Waals surface area contributed by atoms with Crippen LogP contribution in [0.3, 0.4) is 0 Å². The Labute approximate surface area is 205 Å². The molecule has 1 amide bonds. The van der Waals surface area contributed by atoms with Gasteiger partial charge in [0.1, 0.15) is 23.0 Å². The molecular formula is C28H33NO6. The van der Waals surface area contributed by atoms with E-state index in [0.717, 1.165) is 16.5 Å². The smallest absolute Gasteiger partial charge is 0.408 e. The van der Waals surface area contributed by atoms with Crippen LogP contribution in [0.25, 0.3) is 11.0 Å². The Hall–Kier alpha value is -3.61. The van der Waals surface area contributed by atoms with Crippen molar-refractivity contribution in [2.24, 2.45) is 0 Å². The highest BCUT2D eigenvalue weighted by molar-refractivity contribution is 5.88. The molecule has 0 aliphatic carbocycles. The van der Waals surface area contributed by atoms with E-state index in [-0.39, 0.29) is 5.75 Å².